The fraction of sp³-hybridized carbons (Fsp3) is 0.200. The van der Waals surface area contributed by atoms with E-state index in [-0.39, 0.29) is 5.75 Å². The molecule has 4 heteroatoms. The van der Waals surface area contributed by atoms with Crippen LogP contribution in [0.2, 0.25) is 0 Å². The topological polar surface area (TPSA) is 55.5 Å². The van der Waals surface area contributed by atoms with Crippen LogP contribution in [0.4, 0.5) is 5.69 Å². The van der Waals surface area contributed by atoms with E-state index in [1.54, 1.807) is 12.1 Å². The van der Waals surface area contributed by atoms with Crippen molar-refractivity contribution in [2.45, 2.75) is 6.92 Å². The lowest BCUT2D eigenvalue weighted by Gasteiger charge is -1.96. The lowest BCUT2D eigenvalue weighted by molar-refractivity contribution is 0.350. The largest absolute Gasteiger partial charge is 0.506 e. The molecule has 0 saturated heterocycles. The van der Waals surface area contributed by atoms with E-state index in [0.29, 0.717) is 12.3 Å². The Bertz CT molecular complexity index is 425. The lowest BCUT2D eigenvalue weighted by Crippen LogP contribution is -1.86. The molecule has 2 aromatic rings. The highest BCUT2D eigenvalue weighted by atomic mass is 32.1. The molecule has 3 nitrogen and oxygen atoms in total. The third kappa shape index (κ3) is 1.48. The molecule has 14 heavy (non-hydrogen) atoms. The molecule has 0 bridgehead atoms. The summed E-state index contributed by atoms with van der Waals surface area (Å²) < 4.78 is 6.40. The molecule has 0 aliphatic rings. The first-order valence-electron chi connectivity index (χ1n) is 4.35. The minimum atomic E-state index is 0.123. The number of nitrogens with two attached hydrogens (primary N) is 1. The monoisotopic (exact) mass is 209 g/mol. The van der Waals surface area contributed by atoms with Gasteiger partial charge >= 0.3 is 0 Å². The van der Waals surface area contributed by atoms with Gasteiger partial charge in [-0.3, -0.25) is 0 Å². The van der Waals surface area contributed by atoms with Crippen LogP contribution in [0.15, 0.2) is 18.2 Å². The maximum Gasteiger partial charge on any atom is 0.174 e. The Morgan fingerprint density at radius 1 is 1.43 bits per heavy atom. The summed E-state index contributed by atoms with van der Waals surface area (Å²) in [7, 11) is 0. The molecule has 1 aromatic carbocycles. The van der Waals surface area contributed by atoms with Crippen molar-refractivity contribution < 1.29 is 9.84 Å². The zero-order valence-corrected chi connectivity index (χ0v) is 8.60. The first-order valence-corrected chi connectivity index (χ1v) is 5.17. The molecule has 0 spiro atoms. The van der Waals surface area contributed by atoms with E-state index in [0.717, 1.165) is 15.1 Å². The molecule has 2 rings (SSSR count). The number of hydrogen-bond donors (Lipinski definition) is 2. The number of nitrogen functional groups attached to an aromatic ring is 1. The first-order chi connectivity index (χ1) is 6.70. The molecular weight excluding hydrogens is 198 g/mol. The third-order valence-corrected chi connectivity index (χ3v) is 2.94. The van der Waals surface area contributed by atoms with E-state index in [4.69, 9.17) is 10.5 Å². The average Bonchev–Trinajstić information content (AvgIpc) is 2.48. The lowest BCUT2D eigenvalue weighted by atomic mass is 10.2. The van der Waals surface area contributed by atoms with Gasteiger partial charge in [0, 0.05) is 10.1 Å². The van der Waals surface area contributed by atoms with Gasteiger partial charge < -0.3 is 15.6 Å². The molecule has 74 valence electrons. The van der Waals surface area contributed by atoms with E-state index in [1.165, 1.54) is 11.3 Å². The Balaban J connectivity index is 2.54. The van der Waals surface area contributed by atoms with Gasteiger partial charge in [0.1, 0.15) is 5.75 Å². The highest BCUT2D eigenvalue weighted by Gasteiger charge is 2.05. The molecule has 0 aliphatic heterocycles. The van der Waals surface area contributed by atoms with E-state index in [9.17, 15) is 5.11 Å². The van der Waals surface area contributed by atoms with Crippen molar-refractivity contribution in [3.63, 3.8) is 0 Å². The number of phenolic OH excluding ortho intramolecular Hbond substituents is 1. The number of rotatable bonds is 2. The number of thiophene rings is 1. The van der Waals surface area contributed by atoms with E-state index >= 15 is 0 Å². The number of benzene rings is 1. The Morgan fingerprint density at radius 2 is 2.21 bits per heavy atom. The summed E-state index contributed by atoms with van der Waals surface area (Å²) in [6.45, 7) is 2.59. The number of hydrogen-bond acceptors (Lipinski definition) is 4. The molecule has 0 radical (unpaired) electrons. The number of ether oxygens (including phenoxy) is 1. The molecule has 1 aromatic heterocycles. The maximum absolute atomic E-state index is 9.40. The van der Waals surface area contributed by atoms with Crippen molar-refractivity contribution in [3.05, 3.63) is 18.2 Å². The maximum atomic E-state index is 9.40. The molecule has 3 N–H and O–H groups in total. The summed E-state index contributed by atoms with van der Waals surface area (Å²) in [6.07, 6.45) is 0. The fourth-order valence-corrected chi connectivity index (χ4v) is 2.28. The number of anilines is 1. The van der Waals surface area contributed by atoms with E-state index < -0.39 is 0 Å². The second kappa shape index (κ2) is 3.38. The van der Waals surface area contributed by atoms with E-state index in [2.05, 4.69) is 0 Å². The quantitative estimate of drug-likeness (QED) is 0.590. The van der Waals surface area contributed by atoms with Gasteiger partial charge in [-0.25, -0.2) is 0 Å². The van der Waals surface area contributed by atoms with Gasteiger partial charge in [-0.2, -0.15) is 0 Å². The van der Waals surface area contributed by atoms with E-state index in [1.807, 2.05) is 13.0 Å². The van der Waals surface area contributed by atoms with Gasteiger partial charge in [0.05, 0.1) is 12.3 Å². The summed E-state index contributed by atoms with van der Waals surface area (Å²) in [5.41, 5.74) is 5.99. The van der Waals surface area contributed by atoms with Crippen LogP contribution >= 0.6 is 11.3 Å². The second-order valence-electron chi connectivity index (χ2n) is 2.95. The van der Waals surface area contributed by atoms with Crippen LogP contribution in [0.1, 0.15) is 6.92 Å². The summed E-state index contributed by atoms with van der Waals surface area (Å²) in [5.74, 6) is 0.123. The van der Waals surface area contributed by atoms with Gasteiger partial charge in [0.2, 0.25) is 0 Å². The van der Waals surface area contributed by atoms with Gasteiger partial charge in [-0.15, -0.1) is 0 Å². The molecule has 1 heterocycles. The molecule has 0 saturated carbocycles. The van der Waals surface area contributed by atoms with Crippen LogP contribution in [-0.2, 0) is 0 Å². The normalized spacial score (nSPS) is 10.6. The SMILES string of the molecule is CCOc1cc2cc(O)c(N)cc2s1. The number of fused-ring (bicyclic) bond motifs is 1. The predicted octanol–water partition coefficient (Wildman–Crippen LogP) is 2.59. The van der Waals surface area contributed by atoms with Crippen LogP contribution in [0, 0.1) is 0 Å². The van der Waals surface area contributed by atoms with Gasteiger partial charge in [-0.1, -0.05) is 11.3 Å². The zero-order valence-electron chi connectivity index (χ0n) is 7.78. The van der Waals surface area contributed by atoms with Gasteiger partial charge in [-0.05, 0) is 25.1 Å². The smallest absolute Gasteiger partial charge is 0.174 e. The van der Waals surface area contributed by atoms with Crippen molar-refractivity contribution >= 4 is 27.1 Å². The van der Waals surface area contributed by atoms with Gasteiger partial charge in [0.15, 0.2) is 5.06 Å². The average molecular weight is 209 g/mol. The summed E-state index contributed by atoms with van der Waals surface area (Å²) >= 11 is 1.53. The van der Waals surface area contributed by atoms with Crippen LogP contribution < -0.4 is 10.5 Å². The van der Waals surface area contributed by atoms with Crippen molar-refractivity contribution in [1.82, 2.24) is 0 Å². The fourth-order valence-electron chi connectivity index (χ4n) is 1.28. The standard InChI is InChI=1S/C10H11NO2S/c1-2-13-10-4-6-3-8(12)7(11)5-9(6)14-10/h3-5,12H,2,11H2,1H3. The van der Waals surface area contributed by atoms with Crippen LogP contribution in [0.3, 0.4) is 0 Å². The van der Waals surface area contributed by atoms with Crippen molar-refractivity contribution in [3.8, 4) is 10.8 Å². The van der Waals surface area contributed by atoms with Crippen molar-refractivity contribution in [1.29, 1.82) is 0 Å². The number of phenols is 1. The molecule has 0 aliphatic carbocycles. The van der Waals surface area contributed by atoms with Crippen molar-refractivity contribution in [2.75, 3.05) is 12.3 Å². The molecule has 0 amide bonds. The number of aromatic hydroxyl groups is 1. The second-order valence-corrected chi connectivity index (χ2v) is 3.99. The molecular formula is C10H11NO2S. The Kier molecular flexibility index (Phi) is 2.21. The predicted molar refractivity (Wildman–Crippen MR) is 59.1 cm³/mol. The van der Waals surface area contributed by atoms with Gasteiger partial charge in [0.25, 0.3) is 0 Å². The molecule has 0 unspecified atom stereocenters. The van der Waals surface area contributed by atoms with Crippen LogP contribution in [0.5, 0.6) is 10.8 Å². The van der Waals surface area contributed by atoms with Crippen molar-refractivity contribution in [2.24, 2.45) is 0 Å². The summed E-state index contributed by atoms with van der Waals surface area (Å²) in [4.78, 5) is 0. The Labute approximate surface area is 85.7 Å². The molecule has 0 atom stereocenters. The Hall–Kier alpha value is -1.42. The summed E-state index contributed by atoms with van der Waals surface area (Å²) in [6, 6.07) is 5.32. The minimum absolute atomic E-state index is 0.123. The minimum Gasteiger partial charge on any atom is -0.506 e. The third-order valence-electron chi connectivity index (χ3n) is 1.93. The van der Waals surface area contributed by atoms with Crippen LogP contribution in [0.25, 0.3) is 10.1 Å². The highest BCUT2D eigenvalue weighted by Crippen LogP contribution is 2.36. The highest BCUT2D eigenvalue weighted by molar-refractivity contribution is 7.20. The van der Waals surface area contributed by atoms with Crippen LogP contribution in [-0.4, -0.2) is 11.7 Å². The zero-order chi connectivity index (χ0) is 10.1. The summed E-state index contributed by atoms with van der Waals surface area (Å²) in [5, 5.41) is 11.2. The Morgan fingerprint density at radius 3 is 2.93 bits per heavy atom. The first kappa shape index (κ1) is 9.15. The molecule has 0 fully saturated rings.